The number of halogens is 3. The minimum Gasteiger partial charge on any atom is -0.394 e. The van der Waals surface area contributed by atoms with E-state index >= 15 is 0 Å². The van der Waals surface area contributed by atoms with E-state index in [2.05, 4.69) is 0 Å². The zero-order valence-electron chi connectivity index (χ0n) is 12.5. The summed E-state index contributed by atoms with van der Waals surface area (Å²) in [6, 6.07) is 0. The molecule has 13 heteroatoms. The van der Waals surface area contributed by atoms with Crippen LogP contribution in [0.2, 0.25) is 0 Å². The molecule has 0 bridgehead atoms. The summed E-state index contributed by atoms with van der Waals surface area (Å²) in [5, 5.41) is 71.5. The number of hydrogen-bond acceptors (Lipinski definition) is 10. The van der Waals surface area contributed by atoms with Crippen LogP contribution in [0.15, 0.2) is 0 Å². The molecule has 0 radical (unpaired) electrons. The van der Waals surface area contributed by atoms with Gasteiger partial charge in [0.1, 0.15) is 30.5 Å². The molecule has 0 aromatic heterocycles. The maximum atomic E-state index is 10.8. The second-order valence-corrected chi connectivity index (χ2v) is 7.64. The first-order valence-electron chi connectivity index (χ1n) is 7.13. The van der Waals surface area contributed by atoms with Gasteiger partial charge in [-0.3, -0.25) is 0 Å². The highest BCUT2D eigenvalue weighted by molar-refractivity contribution is 6.27. The summed E-state index contributed by atoms with van der Waals surface area (Å²) >= 11 is 17.5. The van der Waals surface area contributed by atoms with Crippen LogP contribution in [0, 0.1) is 0 Å². The quantitative estimate of drug-likeness (QED) is 0.208. The topological polar surface area (TPSA) is 180 Å². The average molecular weight is 430 g/mol. The van der Waals surface area contributed by atoms with Gasteiger partial charge in [-0.25, -0.2) is 0 Å². The molecule has 2 heterocycles. The van der Waals surface area contributed by atoms with E-state index in [9.17, 15) is 40.9 Å². The van der Waals surface area contributed by atoms with Gasteiger partial charge in [0.25, 0.3) is 5.25 Å². The van der Waals surface area contributed by atoms with Crippen molar-refractivity contribution in [3.05, 3.63) is 0 Å². The molecular weight excluding hydrogens is 410 g/mol. The van der Waals surface area contributed by atoms with Crippen LogP contribution in [0.1, 0.15) is 0 Å². The van der Waals surface area contributed by atoms with Crippen molar-refractivity contribution in [2.24, 2.45) is 0 Å². The van der Waals surface area contributed by atoms with Gasteiger partial charge in [-0.2, -0.15) is 0 Å². The fourth-order valence-electron chi connectivity index (χ4n) is 2.97. The Balaban J connectivity index is 2.45. The first-order chi connectivity index (χ1) is 11.4. The Morgan fingerprint density at radius 3 is 2.00 bits per heavy atom. The van der Waals surface area contributed by atoms with E-state index in [1.807, 2.05) is 0 Å². The fraction of sp³-hybridized carbons (Fsp3) is 1.00. The van der Waals surface area contributed by atoms with Gasteiger partial charge in [-0.05, 0) is 0 Å². The molecule has 0 amide bonds. The van der Waals surface area contributed by atoms with Crippen LogP contribution in [0.5, 0.6) is 0 Å². The summed E-state index contributed by atoms with van der Waals surface area (Å²) in [7, 11) is 0. The van der Waals surface area contributed by atoms with Gasteiger partial charge in [0.05, 0.1) is 18.6 Å². The lowest BCUT2D eigenvalue weighted by atomic mass is 9.82. The van der Waals surface area contributed by atoms with Crippen LogP contribution < -0.4 is 0 Å². The highest BCUT2D eigenvalue weighted by Crippen LogP contribution is 2.49. The first-order valence-corrected chi connectivity index (χ1v) is 8.33. The number of aliphatic hydroxyl groups excluding tert-OH is 6. The van der Waals surface area contributed by atoms with E-state index in [1.54, 1.807) is 0 Å². The predicted octanol–water partition coefficient (Wildman–Crippen LogP) is -3.63. The molecule has 2 fully saturated rings. The molecule has 0 aliphatic carbocycles. The highest BCUT2D eigenvalue weighted by Gasteiger charge is 2.70. The Labute approximate surface area is 156 Å². The first kappa shape index (κ1) is 21.8. The highest BCUT2D eigenvalue weighted by atomic mass is 35.5. The van der Waals surface area contributed by atoms with Gasteiger partial charge in [-0.15, -0.1) is 11.6 Å². The fourth-order valence-corrected chi connectivity index (χ4v) is 4.03. The number of alkyl halides is 3. The van der Waals surface area contributed by atoms with Crippen molar-refractivity contribution in [3.63, 3.8) is 0 Å². The summed E-state index contributed by atoms with van der Waals surface area (Å²) in [4.78, 5) is 0. The van der Waals surface area contributed by atoms with Crippen LogP contribution in [-0.2, 0) is 9.47 Å². The van der Waals surface area contributed by atoms with Crippen LogP contribution >= 0.6 is 34.8 Å². The van der Waals surface area contributed by atoms with E-state index in [0.29, 0.717) is 0 Å². The summed E-state index contributed by atoms with van der Waals surface area (Å²) in [6.45, 7) is -1.96. The van der Waals surface area contributed by atoms with Gasteiger partial charge in [-0.1, -0.05) is 23.2 Å². The maximum absolute atomic E-state index is 10.8. The smallest absolute Gasteiger partial charge is 0.276 e. The lowest BCUT2D eigenvalue weighted by Gasteiger charge is -2.51. The number of aliphatic hydroxyl groups is 8. The SMILES string of the molecule is OC[C@H]1O[C@](CO)(C(O)(Cl)[C@H]2OC(O)(Cl)[C@H](O)[C@@H](O)[C@H]2Cl)[C@@H](O)[C@@H]1O. The van der Waals surface area contributed by atoms with Gasteiger partial charge >= 0.3 is 0 Å². The molecule has 0 saturated carbocycles. The van der Waals surface area contributed by atoms with E-state index in [-0.39, 0.29) is 0 Å². The molecule has 2 saturated heterocycles. The number of ether oxygens (including phenoxy) is 2. The Bertz CT molecular complexity index is 494. The van der Waals surface area contributed by atoms with Crippen LogP contribution in [0.3, 0.4) is 0 Å². The van der Waals surface area contributed by atoms with Gasteiger partial charge in [0.2, 0.25) is 5.06 Å². The van der Waals surface area contributed by atoms with Gasteiger partial charge in [0, 0.05) is 0 Å². The lowest BCUT2D eigenvalue weighted by Crippen LogP contribution is -2.73. The molecule has 0 aromatic carbocycles. The van der Waals surface area contributed by atoms with E-state index in [4.69, 9.17) is 44.3 Å². The molecule has 2 aliphatic heterocycles. The van der Waals surface area contributed by atoms with E-state index in [0.717, 1.165) is 0 Å². The van der Waals surface area contributed by atoms with Crippen molar-refractivity contribution in [1.29, 1.82) is 0 Å². The molecule has 0 aromatic rings. The molecule has 148 valence electrons. The van der Waals surface area contributed by atoms with Crippen molar-refractivity contribution in [2.75, 3.05) is 13.2 Å². The molecule has 0 spiro atoms. The second kappa shape index (κ2) is 7.13. The van der Waals surface area contributed by atoms with Crippen LogP contribution in [-0.4, -0.2) is 112 Å². The molecule has 2 unspecified atom stereocenters. The third-order valence-corrected chi connectivity index (χ3v) is 5.86. The molecule has 8 N–H and O–H groups in total. The van der Waals surface area contributed by atoms with Crippen molar-refractivity contribution >= 4 is 34.8 Å². The van der Waals surface area contributed by atoms with Gasteiger partial charge < -0.3 is 50.3 Å². The largest absolute Gasteiger partial charge is 0.394 e. The molecule has 10 atom stereocenters. The second-order valence-electron chi connectivity index (χ2n) is 6.02. The Hall–Kier alpha value is 0.470. The third-order valence-electron chi connectivity index (χ3n) is 4.53. The van der Waals surface area contributed by atoms with Crippen molar-refractivity contribution in [3.8, 4) is 0 Å². The minimum atomic E-state index is -2.97. The standard InChI is InChI=1S/C12H19Cl3O10/c13-4-6(19)8(21)12(15,23)25-9(4)11(14,22)10(2-17)7(20)5(18)3(1-16)24-10/h3-9,16-23H,1-2H2/t3-,4-,5-,6+,7+,8-,9+,10+,11?,12?/m1/s1. The van der Waals surface area contributed by atoms with E-state index in [1.165, 1.54) is 0 Å². The summed E-state index contributed by atoms with van der Waals surface area (Å²) < 4.78 is 10.1. The molecule has 10 nitrogen and oxygen atoms in total. The molecule has 2 rings (SSSR count). The van der Waals surface area contributed by atoms with Crippen molar-refractivity contribution < 1.29 is 50.3 Å². The zero-order chi connectivity index (χ0) is 19.4. The third kappa shape index (κ3) is 3.17. The van der Waals surface area contributed by atoms with E-state index < -0.39 is 71.1 Å². The van der Waals surface area contributed by atoms with Gasteiger partial charge in [0.15, 0.2) is 11.7 Å². The number of hydrogen-bond donors (Lipinski definition) is 8. The Morgan fingerprint density at radius 2 is 1.56 bits per heavy atom. The van der Waals surface area contributed by atoms with Crippen molar-refractivity contribution in [1.82, 2.24) is 0 Å². The Kier molecular flexibility index (Phi) is 6.21. The Morgan fingerprint density at radius 1 is 1.00 bits per heavy atom. The monoisotopic (exact) mass is 428 g/mol. The summed E-state index contributed by atoms with van der Waals surface area (Å²) in [5.74, 6) is 0. The average Bonchev–Trinajstić information content (AvgIpc) is 2.81. The normalized spacial score (nSPS) is 53.6. The summed E-state index contributed by atoms with van der Waals surface area (Å²) in [5.41, 5.74) is -2.53. The predicted molar refractivity (Wildman–Crippen MR) is 81.9 cm³/mol. The van der Waals surface area contributed by atoms with Crippen LogP contribution in [0.25, 0.3) is 0 Å². The molecular formula is C12H19Cl3O10. The lowest BCUT2D eigenvalue weighted by molar-refractivity contribution is -0.315. The minimum absolute atomic E-state index is 0.788. The zero-order valence-corrected chi connectivity index (χ0v) is 14.8. The molecule has 25 heavy (non-hydrogen) atoms. The van der Waals surface area contributed by atoms with Crippen molar-refractivity contribution in [2.45, 2.75) is 57.9 Å². The molecule has 2 aliphatic rings. The maximum Gasteiger partial charge on any atom is 0.276 e. The van der Waals surface area contributed by atoms with Crippen LogP contribution in [0.4, 0.5) is 0 Å². The summed E-state index contributed by atoms with van der Waals surface area (Å²) in [6.07, 6.45) is -11.2. The number of rotatable bonds is 4.